The highest BCUT2D eigenvalue weighted by atomic mass is 127. The fourth-order valence-electron chi connectivity index (χ4n) is 4.15. The van der Waals surface area contributed by atoms with Crippen molar-refractivity contribution in [2.24, 2.45) is 4.99 Å². The van der Waals surface area contributed by atoms with Crippen LogP contribution in [0.25, 0.3) is 0 Å². The highest BCUT2D eigenvalue weighted by Gasteiger charge is 2.24. The maximum Gasteiger partial charge on any atom is 0.191 e. The maximum atomic E-state index is 5.94. The van der Waals surface area contributed by atoms with E-state index in [4.69, 9.17) is 14.2 Å². The lowest BCUT2D eigenvalue weighted by atomic mass is 10.1. The fourth-order valence-corrected chi connectivity index (χ4v) is 4.15. The number of ether oxygens (including phenoxy) is 3. The van der Waals surface area contributed by atoms with E-state index in [9.17, 15) is 0 Å². The largest absolute Gasteiger partial charge is 0.497 e. The van der Waals surface area contributed by atoms with Gasteiger partial charge in [-0.15, -0.1) is 24.0 Å². The van der Waals surface area contributed by atoms with Crippen LogP contribution >= 0.6 is 24.0 Å². The molecular formula is C23H39IN4O3. The van der Waals surface area contributed by atoms with Gasteiger partial charge in [-0.05, 0) is 62.9 Å². The van der Waals surface area contributed by atoms with E-state index < -0.39 is 0 Å². The molecule has 0 aromatic heterocycles. The molecule has 0 spiro atoms. The third-order valence-electron chi connectivity index (χ3n) is 5.88. The van der Waals surface area contributed by atoms with Crippen molar-refractivity contribution < 1.29 is 14.2 Å². The van der Waals surface area contributed by atoms with Gasteiger partial charge < -0.3 is 24.8 Å². The molecule has 1 aromatic rings. The summed E-state index contributed by atoms with van der Waals surface area (Å²) in [6.07, 6.45) is 5.88. The third-order valence-corrected chi connectivity index (χ3v) is 5.88. The predicted octanol–water partition coefficient (Wildman–Crippen LogP) is 3.20. The average Bonchev–Trinajstić information content (AvgIpc) is 3.33. The van der Waals surface area contributed by atoms with E-state index in [0.29, 0.717) is 12.1 Å². The van der Waals surface area contributed by atoms with Crippen molar-refractivity contribution in [3.05, 3.63) is 29.8 Å². The number of nitrogens with zero attached hydrogens (tertiary/aromatic N) is 2. The number of rotatable bonds is 10. The quantitative estimate of drug-likeness (QED) is 0.204. The van der Waals surface area contributed by atoms with Gasteiger partial charge in [0, 0.05) is 40.0 Å². The van der Waals surface area contributed by atoms with Crippen molar-refractivity contribution in [1.29, 1.82) is 0 Å². The molecule has 1 aromatic carbocycles. The van der Waals surface area contributed by atoms with Crippen LogP contribution in [0.15, 0.2) is 29.3 Å². The molecule has 1 atom stereocenters. The molecule has 7 nitrogen and oxygen atoms in total. The highest BCUT2D eigenvalue weighted by molar-refractivity contribution is 14.0. The summed E-state index contributed by atoms with van der Waals surface area (Å²) in [5, 5.41) is 6.94. The number of guanidine groups is 1. The molecule has 1 unspecified atom stereocenters. The Hall–Kier alpha value is -1.10. The Balaban J connectivity index is 0.00000341. The first-order valence-corrected chi connectivity index (χ1v) is 11.3. The predicted molar refractivity (Wildman–Crippen MR) is 136 cm³/mol. The number of methoxy groups -OCH3 is 1. The van der Waals surface area contributed by atoms with Gasteiger partial charge in [0.05, 0.1) is 19.3 Å². The Kier molecular flexibility index (Phi) is 12.5. The minimum atomic E-state index is 0. The SMILES string of the molecule is CN=C(NCCCOC1CCOCC1)NCC(c1cccc(OC)c1)N1CCCC1.I. The van der Waals surface area contributed by atoms with Crippen molar-refractivity contribution >= 4 is 29.9 Å². The van der Waals surface area contributed by atoms with Crippen molar-refractivity contribution in [3.63, 3.8) is 0 Å². The van der Waals surface area contributed by atoms with Gasteiger partial charge in [-0.1, -0.05) is 12.1 Å². The molecule has 2 fully saturated rings. The van der Waals surface area contributed by atoms with Crippen molar-refractivity contribution in [2.45, 2.75) is 44.2 Å². The molecule has 0 bridgehead atoms. The Bertz CT molecular complexity index is 649. The van der Waals surface area contributed by atoms with Gasteiger partial charge in [0.1, 0.15) is 5.75 Å². The minimum absolute atomic E-state index is 0. The monoisotopic (exact) mass is 546 g/mol. The van der Waals surface area contributed by atoms with E-state index in [-0.39, 0.29) is 24.0 Å². The number of hydrogen-bond acceptors (Lipinski definition) is 5. The first kappa shape index (κ1) is 26.2. The van der Waals surface area contributed by atoms with E-state index in [0.717, 1.165) is 77.0 Å². The summed E-state index contributed by atoms with van der Waals surface area (Å²) in [6, 6.07) is 8.72. The molecule has 8 heteroatoms. The van der Waals surface area contributed by atoms with Crippen LogP contribution in [0.4, 0.5) is 0 Å². The number of benzene rings is 1. The van der Waals surface area contributed by atoms with E-state index in [1.807, 2.05) is 13.1 Å². The van der Waals surface area contributed by atoms with Crippen LogP contribution in [0.5, 0.6) is 5.75 Å². The van der Waals surface area contributed by atoms with Crippen LogP contribution < -0.4 is 15.4 Å². The molecule has 2 heterocycles. The van der Waals surface area contributed by atoms with Gasteiger partial charge >= 0.3 is 0 Å². The molecule has 2 aliphatic rings. The molecule has 2 N–H and O–H groups in total. The van der Waals surface area contributed by atoms with Crippen LogP contribution in [0, 0.1) is 0 Å². The molecule has 176 valence electrons. The molecule has 0 amide bonds. The topological polar surface area (TPSA) is 67.4 Å². The summed E-state index contributed by atoms with van der Waals surface area (Å²) in [5.74, 6) is 1.75. The van der Waals surface area contributed by atoms with Gasteiger partial charge in [0.25, 0.3) is 0 Å². The normalized spacial score (nSPS) is 19.0. The molecule has 0 radical (unpaired) electrons. The standard InChI is InChI=1S/C23H38N4O3.HI/c1-24-23(25-11-6-14-30-20-9-15-29-16-10-20)26-18-22(27-12-3-4-13-27)19-7-5-8-21(17-19)28-2;/h5,7-8,17,20,22H,3-4,6,9-16,18H2,1-2H3,(H2,24,25,26);1H. The van der Waals surface area contributed by atoms with E-state index >= 15 is 0 Å². The van der Waals surface area contributed by atoms with E-state index in [2.05, 4.69) is 38.7 Å². The fraction of sp³-hybridized carbons (Fsp3) is 0.696. The average molecular weight is 546 g/mol. The Morgan fingerprint density at radius 1 is 1.23 bits per heavy atom. The molecule has 31 heavy (non-hydrogen) atoms. The van der Waals surface area contributed by atoms with Gasteiger partial charge in [-0.2, -0.15) is 0 Å². The summed E-state index contributed by atoms with van der Waals surface area (Å²) in [4.78, 5) is 6.95. The summed E-state index contributed by atoms with van der Waals surface area (Å²) < 4.78 is 16.8. The maximum absolute atomic E-state index is 5.94. The molecule has 2 saturated heterocycles. The Labute approximate surface area is 204 Å². The number of halogens is 1. The van der Waals surface area contributed by atoms with Crippen molar-refractivity contribution in [3.8, 4) is 5.75 Å². The summed E-state index contributed by atoms with van der Waals surface area (Å²) in [5.41, 5.74) is 1.28. The smallest absolute Gasteiger partial charge is 0.191 e. The molecule has 0 aliphatic carbocycles. The molecule has 2 aliphatic heterocycles. The van der Waals surface area contributed by atoms with Crippen LogP contribution in [0.2, 0.25) is 0 Å². The Morgan fingerprint density at radius 3 is 2.71 bits per heavy atom. The first-order valence-electron chi connectivity index (χ1n) is 11.3. The van der Waals surface area contributed by atoms with Gasteiger partial charge in [-0.25, -0.2) is 0 Å². The van der Waals surface area contributed by atoms with E-state index in [1.54, 1.807) is 7.11 Å². The second kappa shape index (κ2) is 14.9. The number of likely N-dealkylation sites (tertiary alicyclic amines) is 1. The molecule has 3 rings (SSSR count). The summed E-state index contributed by atoms with van der Waals surface area (Å²) in [7, 11) is 3.55. The van der Waals surface area contributed by atoms with Crippen molar-refractivity contribution in [1.82, 2.24) is 15.5 Å². The van der Waals surface area contributed by atoms with Gasteiger partial charge in [0.15, 0.2) is 5.96 Å². The lowest BCUT2D eigenvalue weighted by molar-refractivity contribution is -0.0320. The molecular weight excluding hydrogens is 507 g/mol. The van der Waals surface area contributed by atoms with Gasteiger partial charge in [-0.3, -0.25) is 9.89 Å². The third kappa shape index (κ3) is 8.75. The number of hydrogen-bond donors (Lipinski definition) is 2. The summed E-state index contributed by atoms with van der Waals surface area (Å²) >= 11 is 0. The lowest BCUT2D eigenvalue weighted by Crippen LogP contribution is -2.43. The van der Waals surface area contributed by atoms with Crippen LogP contribution in [-0.4, -0.2) is 77.1 Å². The Morgan fingerprint density at radius 2 is 2.00 bits per heavy atom. The zero-order chi connectivity index (χ0) is 21.0. The second-order valence-corrected chi connectivity index (χ2v) is 7.95. The van der Waals surface area contributed by atoms with Crippen LogP contribution in [-0.2, 0) is 9.47 Å². The lowest BCUT2D eigenvalue weighted by Gasteiger charge is -2.29. The number of nitrogens with one attached hydrogen (secondary N) is 2. The minimum Gasteiger partial charge on any atom is -0.497 e. The zero-order valence-electron chi connectivity index (χ0n) is 19.0. The number of aliphatic imine (C=N–C) groups is 1. The second-order valence-electron chi connectivity index (χ2n) is 7.95. The summed E-state index contributed by atoms with van der Waals surface area (Å²) in [6.45, 7) is 6.35. The molecule has 0 saturated carbocycles. The first-order chi connectivity index (χ1) is 14.8. The zero-order valence-corrected chi connectivity index (χ0v) is 21.3. The van der Waals surface area contributed by atoms with Crippen LogP contribution in [0.3, 0.4) is 0 Å². The highest BCUT2D eigenvalue weighted by Crippen LogP contribution is 2.27. The van der Waals surface area contributed by atoms with Gasteiger partial charge in [0.2, 0.25) is 0 Å². The van der Waals surface area contributed by atoms with Crippen LogP contribution in [0.1, 0.15) is 43.7 Å². The van der Waals surface area contributed by atoms with E-state index in [1.165, 1.54) is 18.4 Å². The van der Waals surface area contributed by atoms with Crippen molar-refractivity contribution in [2.75, 3.05) is 60.2 Å².